The highest BCUT2D eigenvalue weighted by atomic mass is 16.5. The van der Waals surface area contributed by atoms with Crippen molar-refractivity contribution in [3.63, 3.8) is 0 Å². The number of hydrogen-bond acceptors (Lipinski definition) is 3. The zero-order valence-electron chi connectivity index (χ0n) is 10.5. The fourth-order valence-electron chi connectivity index (χ4n) is 2.61. The zero-order valence-corrected chi connectivity index (χ0v) is 10.5. The van der Waals surface area contributed by atoms with Gasteiger partial charge in [0.05, 0.1) is 19.3 Å². The molecule has 96 valence electrons. The fourth-order valence-corrected chi connectivity index (χ4v) is 2.61. The Bertz CT molecular complexity index is 473. The Morgan fingerprint density at radius 3 is 3.00 bits per heavy atom. The van der Waals surface area contributed by atoms with Crippen molar-refractivity contribution < 1.29 is 9.53 Å². The van der Waals surface area contributed by atoms with Gasteiger partial charge in [-0.1, -0.05) is 12.1 Å². The molecule has 0 radical (unpaired) electrons. The van der Waals surface area contributed by atoms with Crippen LogP contribution in [-0.2, 0) is 16.0 Å². The van der Waals surface area contributed by atoms with Gasteiger partial charge in [0.2, 0.25) is 5.91 Å². The van der Waals surface area contributed by atoms with Crippen molar-refractivity contribution in [1.82, 2.24) is 5.32 Å². The van der Waals surface area contributed by atoms with E-state index in [1.165, 1.54) is 11.1 Å². The minimum atomic E-state index is 0.114. The van der Waals surface area contributed by atoms with Gasteiger partial charge in [-0.15, -0.1) is 0 Å². The smallest absolute Gasteiger partial charge is 0.224 e. The highest BCUT2D eigenvalue weighted by molar-refractivity contribution is 5.93. The molecule has 0 aliphatic carbocycles. The summed E-state index contributed by atoms with van der Waals surface area (Å²) < 4.78 is 5.58. The molecule has 1 aromatic carbocycles. The summed E-state index contributed by atoms with van der Waals surface area (Å²) in [6, 6.07) is 6.91. The van der Waals surface area contributed by atoms with E-state index in [2.05, 4.69) is 29.7 Å². The first kappa shape index (κ1) is 11.7. The van der Waals surface area contributed by atoms with Gasteiger partial charge in [0.25, 0.3) is 0 Å². The topological polar surface area (TPSA) is 50.4 Å². The Hall–Kier alpha value is -1.39. The average molecular weight is 246 g/mol. The van der Waals surface area contributed by atoms with Crippen molar-refractivity contribution in [3.8, 4) is 0 Å². The van der Waals surface area contributed by atoms with Crippen LogP contribution in [0.2, 0.25) is 0 Å². The Morgan fingerprint density at radius 2 is 2.17 bits per heavy atom. The molecule has 2 unspecified atom stereocenters. The third kappa shape index (κ3) is 2.26. The predicted molar refractivity (Wildman–Crippen MR) is 69.6 cm³/mol. The summed E-state index contributed by atoms with van der Waals surface area (Å²) in [5.74, 6) is 0.114. The molecule has 2 atom stereocenters. The molecule has 18 heavy (non-hydrogen) atoms. The van der Waals surface area contributed by atoms with E-state index in [1.807, 2.05) is 6.07 Å². The first-order valence-corrected chi connectivity index (χ1v) is 6.49. The lowest BCUT2D eigenvalue weighted by molar-refractivity contribution is -0.116. The molecule has 3 rings (SSSR count). The molecule has 0 bridgehead atoms. The van der Waals surface area contributed by atoms with Gasteiger partial charge in [0.1, 0.15) is 0 Å². The van der Waals surface area contributed by atoms with Gasteiger partial charge in [-0.3, -0.25) is 4.79 Å². The monoisotopic (exact) mass is 246 g/mol. The van der Waals surface area contributed by atoms with Gasteiger partial charge >= 0.3 is 0 Å². The van der Waals surface area contributed by atoms with Crippen LogP contribution in [0.4, 0.5) is 5.69 Å². The third-order valence-corrected chi connectivity index (χ3v) is 3.57. The van der Waals surface area contributed by atoms with Crippen molar-refractivity contribution in [1.29, 1.82) is 0 Å². The molecule has 0 spiro atoms. The number of carbonyl (C=O) groups is 1. The second-order valence-electron chi connectivity index (χ2n) is 5.12. The maximum Gasteiger partial charge on any atom is 0.224 e. The van der Waals surface area contributed by atoms with Crippen LogP contribution in [0.1, 0.15) is 30.5 Å². The molecular formula is C14H18N2O2. The van der Waals surface area contributed by atoms with Crippen molar-refractivity contribution in [2.24, 2.45) is 0 Å². The summed E-state index contributed by atoms with van der Waals surface area (Å²) in [6.07, 6.45) is 1.42. The van der Waals surface area contributed by atoms with Gasteiger partial charge in [0.15, 0.2) is 0 Å². The number of rotatable bonds is 1. The molecule has 1 saturated heterocycles. The minimum absolute atomic E-state index is 0.114. The van der Waals surface area contributed by atoms with Crippen molar-refractivity contribution in [2.45, 2.75) is 31.8 Å². The summed E-state index contributed by atoms with van der Waals surface area (Å²) in [6.45, 7) is 3.62. The Kier molecular flexibility index (Phi) is 3.06. The Balaban J connectivity index is 1.83. The number of aryl methyl sites for hydroxylation is 1. The van der Waals surface area contributed by atoms with Crippen LogP contribution in [0.3, 0.4) is 0 Å². The standard InChI is InChI=1S/C14H18N2O2/c1-9-7-18-8-13(15-9)11-2-4-12-10(6-11)3-5-14(17)16-12/h2,4,6,9,13,15H,3,5,7-8H2,1H3,(H,16,17). The fraction of sp³-hybridized carbons (Fsp3) is 0.500. The Morgan fingerprint density at radius 1 is 1.28 bits per heavy atom. The van der Waals surface area contributed by atoms with Gasteiger partial charge in [-0.25, -0.2) is 0 Å². The third-order valence-electron chi connectivity index (χ3n) is 3.57. The van der Waals surface area contributed by atoms with Gasteiger partial charge < -0.3 is 15.4 Å². The number of morpholine rings is 1. The number of fused-ring (bicyclic) bond motifs is 1. The SMILES string of the molecule is CC1COCC(c2ccc3c(c2)CCC(=O)N3)N1. The largest absolute Gasteiger partial charge is 0.378 e. The van der Waals surface area contributed by atoms with E-state index < -0.39 is 0 Å². The highest BCUT2D eigenvalue weighted by Crippen LogP contribution is 2.27. The molecule has 2 aliphatic rings. The first-order valence-electron chi connectivity index (χ1n) is 6.49. The van der Waals surface area contributed by atoms with Gasteiger partial charge in [-0.05, 0) is 30.5 Å². The molecular weight excluding hydrogens is 228 g/mol. The average Bonchev–Trinajstić information content (AvgIpc) is 2.38. The maximum atomic E-state index is 11.3. The van der Waals surface area contributed by atoms with Gasteiger partial charge in [0, 0.05) is 18.2 Å². The molecule has 1 aromatic rings. The highest BCUT2D eigenvalue weighted by Gasteiger charge is 2.22. The van der Waals surface area contributed by atoms with Crippen LogP contribution in [0.15, 0.2) is 18.2 Å². The summed E-state index contributed by atoms with van der Waals surface area (Å²) in [5.41, 5.74) is 3.43. The second-order valence-corrected chi connectivity index (χ2v) is 5.12. The molecule has 2 aliphatic heterocycles. The number of anilines is 1. The molecule has 0 aromatic heterocycles. The van der Waals surface area contributed by atoms with Crippen LogP contribution >= 0.6 is 0 Å². The zero-order chi connectivity index (χ0) is 12.5. The van der Waals surface area contributed by atoms with Crippen LogP contribution in [-0.4, -0.2) is 25.2 Å². The maximum absolute atomic E-state index is 11.3. The lowest BCUT2D eigenvalue weighted by Gasteiger charge is -2.30. The van der Waals surface area contributed by atoms with Gasteiger partial charge in [-0.2, -0.15) is 0 Å². The molecule has 4 heteroatoms. The minimum Gasteiger partial charge on any atom is -0.378 e. The number of benzene rings is 1. The second kappa shape index (κ2) is 4.71. The molecule has 1 fully saturated rings. The number of amides is 1. The normalized spacial score (nSPS) is 27.5. The van der Waals surface area contributed by atoms with E-state index in [9.17, 15) is 4.79 Å². The quantitative estimate of drug-likeness (QED) is 0.791. The summed E-state index contributed by atoms with van der Waals surface area (Å²) in [4.78, 5) is 11.3. The predicted octanol–water partition coefficient (Wildman–Crippen LogP) is 1.62. The van der Waals surface area contributed by atoms with E-state index in [0.29, 0.717) is 12.5 Å². The van der Waals surface area contributed by atoms with E-state index in [0.717, 1.165) is 25.3 Å². The number of nitrogens with one attached hydrogen (secondary N) is 2. The van der Waals surface area contributed by atoms with E-state index in [1.54, 1.807) is 0 Å². The summed E-state index contributed by atoms with van der Waals surface area (Å²) in [7, 11) is 0. The first-order chi connectivity index (χ1) is 8.72. The molecule has 0 saturated carbocycles. The van der Waals surface area contributed by atoms with E-state index >= 15 is 0 Å². The summed E-state index contributed by atoms with van der Waals surface area (Å²) in [5, 5.41) is 6.44. The van der Waals surface area contributed by atoms with Crippen molar-refractivity contribution >= 4 is 11.6 Å². The van der Waals surface area contributed by atoms with Crippen LogP contribution < -0.4 is 10.6 Å². The lowest BCUT2D eigenvalue weighted by atomic mass is 9.97. The van der Waals surface area contributed by atoms with Crippen LogP contribution in [0, 0.1) is 0 Å². The lowest BCUT2D eigenvalue weighted by Crippen LogP contribution is -2.41. The van der Waals surface area contributed by atoms with Crippen molar-refractivity contribution in [3.05, 3.63) is 29.3 Å². The molecule has 4 nitrogen and oxygen atoms in total. The number of ether oxygens (including phenoxy) is 1. The molecule has 1 amide bonds. The van der Waals surface area contributed by atoms with Crippen molar-refractivity contribution in [2.75, 3.05) is 18.5 Å². The van der Waals surface area contributed by atoms with Crippen LogP contribution in [0.5, 0.6) is 0 Å². The Labute approximate surface area is 107 Å². The van der Waals surface area contributed by atoms with E-state index in [4.69, 9.17) is 4.74 Å². The van der Waals surface area contributed by atoms with Crippen LogP contribution in [0.25, 0.3) is 0 Å². The number of hydrogen-bond donors (Lipinski definition) is 2. The van der Waals surface area contributed by atoms with E-state index in [-0.39, 0.29) is 11.9 Å². The number of carbonyl (C=O) groups excluding carboxylic acids is 1. The molecule has 2 N–H and O–H groups in total. The summed E-state index contributed by atoms with van der Waals surface area (Å²) >= 11 is 0. The molecule has 2 heterocycles.